The minimum atomic E-state index is -4.89. The molecular formula is C29H35F6N5. The summed E-state index contributed by atoms with van der Waals surface area (Å²) in [6.07, 6.45) is -5.10. The number of pyridine rings is 1. The number of hydrogen-bond donors (Lipinski definition) is 2. The van der Waals surface area contributed by atoms with Crippen LogP contribution in [0.3, 0.4) is 0 Å². The van der Waals surface area contributed by atoms with E-state index in [1.807, 2.05) is 6.92 Å². The maximum Gasteiger partial charge on any atom is 0.416 e. The van der Waals surface area contributed by atoms with Gasteiger partial charge in [0.05, 0.1) is 11.1 Å². The molecule has 3 aromatic rings. The van der Waals surface area contributed by atoms with Gasteiger partial charge in [-0.2, -0.15) is 31.4 Å². The molecule has 11 heteroatoms. The fourth-order valence-electron chi connectivity index (χ4n) is 5.41. The number of nitrogens with zero attached hydrogens (tertiary/aromatic N) is 3. The molecule has 0 bridgehead atoms. The summed E-state index contributed by atoms with van der Waals surface area (Å²) in [6, 6.07) is 1.72. The standard InChI is InChI=1S/C29H35F6N5/c1-16-23-24(27(2,3)4)22(13-36-12-19-9-20(28(30,31)32)11-21(10-19)29(33,34)35)26(37-25(23)39-38-16)40(14-17-5-6-17)15-18-7-8-18/h9-11,17-18,36H,5-8,12-15H2,1-4H3,(H,37,38,39). The number of rotatable bonds is 9. The van der Waals surface area contributed by atoms with Crippen molar-refractivity contribution >= 4 is 16.9 Å². The average molecular weight is 568 g/mol. The minimum Gasteiger partial charge on any atom is -0.356 e. The molecule has 2 aliphatic carbocycles. The van der Waals surface area contributed by atoms with Crippen molar-refractivity contribution < 1.29 is 26.3 Å². The smallest absolute Gasteiger partial charge is 0.356 e. The van der Waals surface area contributed by atoms with Crippen molar-refractivity contribution in [3.8, 4) is 0 Å². The van der Waals surface area contributed by atoms with E-state index >= 15 is 0 Å². The summed E-state index contributed by atoms with van der Waals surface area (Å²) in [4.78, 5) is 7.33. The molecule has 5 nitrogen and oxygen atoms in total. The Morgan fingerprint density at radius 1 is 0.875 bits per heavy atom. The van der Waals surface area contributed by atoms with Crippen molar-refractivity contribution in [2.75, 3.05) is 18.0 Å². The number of halogens is 6. The Kier molecular flexibility index (Phi) is 7.34. The van der Waals surface area contributed by atoms with Crippen LogP contribution in [-0.4, -0.2) is 28.3 Å². The fraction of sp³-hybridized carbons (Fsp3) is 0.586. The normalized spacial score (nSPS) is 16.6. The van der Waals surface area contributed by atoms with Crippen LogP contribution in [0.4, 0.5) is 32.2 Å². The number of aromatic amines is 1. The maximum absolute atomic E-state index is 13.4. The molecule has 0 spiro atoms. The van der Waals surface area contributed by atoms with Gasteiger partial charge in [-0.15, -0.1) is 0 Å². The summed E-state index contributed by atoms with van der Waals surface area (Å²) in [7, 11) is 0. The van der Waals surface area contributed by atoms with Crippen LogP contribution in [0.2, 0.25) is 0 Å². The van der Waals surface area contributed by atoms with Crippen LogP contribution in [-0.2, 0) is 30.9 Å². The summed E-state index contributed by atoms with van der Waals surface area (Å²) >= 11 is 0. The number of hydrogen-bond acceptors (Lipinski definition) is 4. The summed E-state index contributed by atoms with van der Waals surface area (Å²) in [5.41, 5.74) is 0.388. The molecule has 0 radical (unpaired) electrons. The molecule has 5 rings (SSSR count). The molecule has 2 saturated carbocycles. The Balaban J connectivity index is 1.54. The molecule has 2 N–H and O–H groups in total. The summed E-state index contributed by atoms with van der Waals surface area (Å²) in [6.45, 7) is 10.0. The van der Waals surface area contributed by atoms with Crippen molar-refractivity contribution in [2.24, 2.45) is 11.8 Å². The maximum atomic E-state index is 13.4. The lowest BCUT2D eigenvalue weighted by molar-refractivity contribution is -0.143. The number of fused-ring (bicyclic) bond motifs is 1. The number of aromatic nitrogens is 3. The van der Waals surface area contributed by atoms with E-state index < -0.39 is 23.5 Å². The Morgan fingerprint density at radius 2 is 1.43 bits per heavy atom. The Labute approximate surface area is 229 Å². The van der Waals surface area contributed by atoms with Crippen molar-refractivity contribution in [3.05, 3.63) is 51.7 Å². The van der Waals surface area contributed by atoms with Gasteiger partial charge in [0.25, 0.3) is 0 Å². The molecule has 0 amide bonds. The molecule has 0 saturated heterocycles. The van der Waals surface area contributed by atoms with E-state index in [1.165, 1.54) is 25.7 Å². The van der Waals surface area contributed by atoms with Gasteiger partial charge in [0.2, 0.25) is 0 Å². The van der Waals surface area contributed by atoms with Crippen molar-refractivity contribution in [2.45, 2.75) is 84.2 Å². The van der Waals surface area contributed by atoms with Gasteiger partial charge in [-0.25, -0.2) is 4.98 Å². The van der Waals surface area contributed by atoms with Crippen LogP contribution in [0.5, 0.6) is 0 Å². The molecule has 218 valence electrons. The second kappa shape index (κ2) is 10.2. The summed E-state index contributed by atoms with van der Waals surface area (Å²) in [5, 5.41) is 11.6. The number of H-pyrrole nitrogens is 1. The third-order valence-electron chi connectivity index (χ3n) is 7.64. The molecule has 40 heavy (non-hydrogen) atoms. The second-order valence-corrected chi connectivity index (χ2v) is 12.4. The molecular weight excluding hydrogens is 532 g/mol. The van der Waals surface area contributed by atoms with Gasteiger partial charge in [0, 0.05) is 42.8 Å². The van der Waals surface area contributed by atoms with E-state index in [9.17, 15) is 26.3 Å². The van der Waals surface area contributed by atoms with E-state index in [0.29, 0.717) is 17.5 Å². The predicted molar refractivity (Wildman–Crippen MR) is 142 cm³/mol. The first kappa shape index (κ1) is 28.7. The highest BCUT2D eigenvalue weighted by Gasteiger charge is 2.37. The van der Waals surface area contributed by atoms with Gasteiger partial charge in [-0.3, -0.25) is 5.10 Å². The summed E-state index contributed by atoms with van der Waals surface area (Å²) in [5.74, 6) is 2.00. The quantitative estimate of drug-likeness (QED) is 0.263. The van der Waals surface area contributed by atoms with E-state index in [1.54, 1.807) is 0 Å². The van der Waals surface area contributed by atoms with Crippen LogP contribution < -0.4 is 10.2 Å². The zero-order valence-corrected chi connectivity index (χ0v) is 23.2. The van der Waals surface area contributed by atoms with Crippen LogP contribution in [0.25, 0.3) is 11.0 Å². The van der Waals surface area contributed by atoms with E-state index in [2.05, 4.69) is 41.2 Å². The predicted octanol–water partition coefficient (Wildman–Crippen LogP) is 7.52. The van der Waals surface area contributed by atoms with Crippen molar-refractivity contribution in [1.29, 1.82) is 0 Å². The van der Waals surface area contributed by atoms with Crippen LogP contribution in [0.1, 0.15) is 80.0 Å². The molecule has 0 unspecified atom stereocenters. The highest BCUT2D eigenvalue weighted by Crippen LogP contribution is 2.42. The average Bonchev–Trinajstić information content (AvgIpc) is 3.77. The largest absolute Gasteiger partial charge is 0.416 e. The second-order valence-electron chi connectivity index (χ2n) is 12.4. The lowest BCUT2D eigenvalue weighted by Crippen LogP contribution is -2.32. The first-order valence-electron chi connectivity index (χ1n) is 13.7. The third-order valence-corrected chi connectivity index (χ3v) is 7.64. The van der Waals surface area contributed by atoms with Crippen LogP contribution in [0.15, 0.2) is 18.2 Å². The molecule has 2 fully saturated rings. The molecule has 1 aromatic carbocycles. The number of anilines is 1. The lowest BCUT2D eigenvalue weighted by Gasteiger charge is -2.31. The van der Waals surface area contributed by atoms with E-state index in [-0.39, 0.29) is 30.1 Å². The van der Waals surface area contributed by atoms with E-state index in [4.69, 9.17) is 4.98 Å². The number of alkyl halides is 6. The highest BCUT2D eigenvalue weighted by molar-refractivity contribution is 5.87. The fourth-order valence-corrected chi connectivity index (χ4v) is 5.41. The minimum absolute atomic E-state index is 0.0812. The van der Waals surface area contributed by atoms with Gasteiger partial charge in [-0.05, 0) is 79.2 Å². The topological polar surface area (TPSA) is 56.8 Å². The van der Waals surface area contributed by atoms with Crippen LogP contribution >= 0.6 is 0 Å². The first-order chi connectivity index (χ1) is 18.6. The Morgan fingerprint density at radius 3 is 1.90 bits per heavy atom. The highest BCUT2D eigenvalue weighted by atomic mass is 19.4. The van der Waals surface area contributed by atoms with Gasteiger partial charge < -0.3 is 10.2 Å². The Bertz CT molecular complexity index is 1330. The van der Waals surface area contributed by atoms with Gasteiger partial charge >= 0.3 is 12.4 Å². The molecule has 0 aliphatic heterocycles. The number of aryl methyl sites for hydroxylation is 1. The first-order valence-corrected chi connectivity index (χ1v) is 13.7. The molecule has 2 heterocycles. The SMILES string of the molecule is Cc1[nH]nc2nc(N(CC3CC3)CC3CC3)c(CNCc3cc(C(F)(F)F)cc(C(F)(F)F)c3)c(C(C)(C)C)c12. The monoisotopic (exact) mass is 567 g/mol. The van der Waals surface area contributed by atoms with Gasteiger partial charge in [0.15, 0.2) is 5.65 Å². The van der Waals surface area contributed by atoms with E-state index in [0.717, 1.165) is 53.2 Å². The zero-order chi connectivity index (χ0) is 29.0. The molecule has 2 aliphatic rings. The Hall–Kier alpha value is -2.82. The zero-order valence-electron chi connectivity index (χ0n) is 23.2. The van der Waals surface area contributed by atoms with Gasteiger partial charge in [-0.1, -0.05) is 20.8 Å². The van der Waals surface area contributed by atoms with Crippen molar-refractivity contribution in [3.63, 3.8) is 0 Å². The number of benzene rings is 1. The summed E-state index contributed by atoms with van der Waals surface area (Å²) < 4.78 is 80.5. The third kappa shape index (κ3) is 6.39. The number of nitrogens with one attached hydrogen (secondary N) is 2. The lowest BCUT2D eigenvalue weighted by atomic mass is 9.81. The molecule has 0 atom stereocenters. The van der Waals surface area contributed by atoms with Crippen molar-refractivity contribution in [1.82, 2.24) is 20.5 Å². The van der Waals surface area contributed by atoms with Gasteiger partial charge in [0.1, 0.15) is 5.82 Å². The van der Waals surface area contributed by atoms with Crippen LogP contribution in [0, 0.1) is 18.8 Å². The molecule has 2 aromatic heterocycles.